The van der Waals surface area contributed by atoms with Crippen LogP contribution >= 0.6 is 54.8 Å². The van der Waals surface area contributed by atoms with E-state index in [1.807, 2.05) is 29.6 Å². The Morgan fingerprint density at radius 2 is 2.00 bits per heavy atom. The molecule has 0 unspecified atom stereocenters. The first-order valence-electron chi connectivity index (χ1n) is 5.01. The Labute approximate surface area is 129 Å². The van der Waals surface area contributed by atoms with Crippen LogP contribution in [0.2, 0.25) is 5.15 Å². The summed E-state index contributed by atoms with van der Waals surface area (Å²) in [5.41, 5.74) is 0.821. The SMILES string of the molecule is Clc1nc(-c2cccs2)nc2c(Br)cc(Br)cc12. The molecular formula is C12H5Br2ClN2S. The molecule has 6 heteroatoms. The fraction of sp³-hybridized carbons (Fsp3) is 0. The Hall–Kier alpha value is -0.490. The lowest BCUT2D eigenvalue weighted by molar-refractivity contribution is 1.23. The number of hydrogen-bond donors (Lipinski definition) is 0. The van der Waals surface area contributed by atoms with Gasteiger partial charge in [0, 0.05) is 14.3 Å². The zero-order valence-electron chi connectivity index (χ0n) is 8.82. The largest absolute Gasteiger partial charge is 0.226 e. The molecule has 2 nitrogen and oxygen atoms in total. The molecule has 3 rings (SSSR count). The second-order valence-electron chi connectivity index (χ2n) is 3.60. The van der Waals surface area contributed by atoms with Crippen molar-refractivity contribution in [1.82, 2.24) is 9.97 Å². The molecule has 0 saturated heterocycles. The number of hydrogen-bond acceptors (Lipinski definition) is 3. The van der Waals surface area contributed by atoms with E-state index in [0.29, 0.717) is 11.0 Å². The van der Waals surface area contributed by atoms with E-state index in [2.05, 4.69) is 41.8 Å². The average Bonchev–Trinajstić information content (AvgIpc) is 2.83. The first-order chi connectivity index (χ1) is 8.65. The lowest BCUT2D eigenvalue weighted by Crippen LogP contribution is -1.91. The molecule has 0 fully saturated rings. The van der Waals surface area contributed by atoms with Crippen LogP contribution < -0.4 is 0 Å². The van der Waals surface area contributed by atoms with Crippen molar-refractivity contribution in [1.29, 1.82) is 0 Å². The summed E-state index contributed by atoms with van der Waals surface area (Å²) >= 11 is 14.8. The molecule has 2 aromatic heterocycles. The summed E-state index contributed by atoms with van der Waals surface area (Å²) in [5, 5.41) is 3.29. The molecule has 0 aliphatic rings. The highest BCUT2D eigenvalue weighted by Gasteiger charge is 2.11. The van der Waals surface area contributed by atoms with Crippen LogP contribution in [-0.4, -0.2) is 9.97 Å². The lowest BCUT2D eigenvalue weighted by atomic mass is 10.2. The standard InChI is InChI=1S/C12H5Br2ClN2S/c13-6-4-7-10(8(14)5-6)16-12(17-11(7)15)9-2-1-3-18-9/h1-5H. The average molecular weight is 405 g/mol. The summed E-state index contributed by atoms with van der Waals surface area (Å²) in [6.45, 7) is 0. The maximum Gasteiger partial charge on any atom is 0.171 e. The highest BCUT2D eigenvalue weighted by atomic mass is 79.9. The molecule has 0 aliphatic carbocycles. The Balaban J connectivity index is 2.34. The third-order valence-electron chi connectivity index (χ3n) is 2.41. The van der Waals surface area contributed by atoms with Crippen molar-refractivity contribution < 1.29 is 0 Å². The number of rotatable bonds is 1. The molecule has 0 aliphatic heterocycles. The van der Waals surface area contributed by atoms with Crippen molar-refractivity contribution in [3.63, 3.8) is 0 Å². The fourth-order valence-electron chi connectivity index (χ4n) is 1.64. The maximum atomic E-state index is 6.23. The molecule has 0 atom stereocenters. The molecule has 0 bridgehead atoms. The monoisotopic (exact) mass is 402 g/mol. The summed E-state index contributed by atoms with van der Waals surface area (Å²) in [4.78, 5) is 9.92. The molecule has 2 heterocycles. The molecule has 0 saturated carbocycles. The summed E-state index contributed by atoms with van der Waals surface area (Å²) < 4.78 is 1.84. The first-order valence-corrected chi connectivity index (χ1v) is 7.85. The van der Waals surface area contributed by atoms with Gasteiger partial charge in [-0.1, -0.05) is 33.6 Å². The molecule has 0 spiro atoms. The van der Waals surface area contributed by atoms with E-state index < -0.39 is 0 Å². The molecule has 1 aromatic carbocycles. The predicted molar refractivity (Wildman–Crippen MR) is 83.3 cm³/mol. The van der Waals surface area contributed by atoms with Gasteiger partial charge >= 0.3 is 0 Å². The summed E-state index contributed by atoms with van der Waals surface area (Å²) in [6, 6.07) is 7.82. The minimum atomic E-state index is 0.463. The molecule has 3 aromatic rings. The van der Waals surface area contributed by atoms with Crippen LogP contribution in [0.5, 0.6) is 0 Å². The number of fused-ring (bicyclic) bond motifs is 1. The highest BCUT2D eigenvalue weighted by molar-refractivity contribution is 9.11. The van der Waals surface area contributed by atoms with Gasteiger partial charge in [-0.25, -0.2) is 9.97 Å². The van der Waals surface area contributed by atoms with E-state index >= 15 is 0 Å². The van der Waals surface area contributed by atoms with Crippen molar-refractivity contribution in [2.24, 2.45) is 0 Å². The third kappa shape index (κ3) is 2.20. The van der Waals surface area contributed by atoms with E-state index in [0.717, 1.165) is 24.7 Å². The van der Waals surface area contributed by atoms with Gasteiger partial charge < -0.3 is 0 Å². The van der Waals surface area contributed by atoms with Crippen LogP contribution in [0.1, 0.15) is 0 Å². The number of halogens is 3. The van der Waals surface area contributed by atoms with E-state index in [4.69, 9.17) is 11.6 Å². The van der Waals surface area contributed by atoms with Crippen LogP contribution in [-0.2, 0) is 0 Å². The van der Waals surface area contributed by atoms with Crippen LogP contribution in [0, 0.1) is 0 Å². The van der Waals surface area contributed by atoms with Crippen LogP contribution in [0.4, 0.5) is 0 Å². The van der Waals surface area contributed by atoms with Crippen LogP contribution in [0.25, 0.3) is 21.6 Å². The van der Waals surface area contributed by atoms with Crippen molar-refractivity contribution in [2.45, 2.75) is 0 Å². The van der Waals surface area contributed by atoms with Gasteiger partial charge in [0.2, 0.25) is 0 Å². The van der Waals surface area contributed by atoms with E-state index in [9.17, 15) is 0 Å². The summed E-state index contributed by atoms with van der Waals surface area (Å²) in [7, 11) is 0. The normalized spacial score (nSPS) is 11.1. The molecule has 0 N–H and O–H groups in total. The van der Waals surface area contributed by atoms with Gasteiger partial charge in [0.05, 0.1) is 10.4 Å². The second-order valence-corrected chi connectivity index (χ2v) is 6.67. The maximum absolute atomic E-state index is 6.23. The van der Waals surface area contributed by atoms with Crippen molar-refractivity contribution in [3.8, 4) is 10.7 Å². The van der Waals surface area contributed by atoms with Gasteiger partial charge in [-0.3, -0.25) is 0 Å². The van der Waals surface area contributed by atoms with Crippen LogP contribution in [0.3, 0.4) is 0 Å². The Kier molecular flexibility index (Phi) is 3.40. The summed E-state index contributed by atoms with van der Waals surface area (Å²) in [5.74, 6) is 0.658. The number of benzene rings is 1. The minimum absolute atomic E-state index is 0.463. The quantitative estimate of drug-likeness (QED) is 0.498. The van der Waals surface area contributed by atoms with Gasteiger partial charge in [0.15, 0.2) is 5.82 Å². The molecule has 0 amide bonds. The van der Waals surface area contributed by atoms with E-state index in [1.165, 1.54) is 0 Å². The molecule has 0 radical (unpaired) electrons. The minimum Gasteiger partial charge on any atom is -0.226 e. The summed E-state index contributed by atoms with van der Waals surface area (Å²) in [6.07, 6.45) is 0. The molecule has 18 heavy (non-hydrogen) atoms. The highest BCUT2D eigenvalue weighted by Crippen LogP contribution is 2.33. The molecular weight excluding hydrogens is 399 g/mol. The zero-order chi connectivity index (χ0) is 12.7. The van der Waals surface area contributed by atoms with Gasteiger partial charge in [-0.15, -0.1) is 11.3 Å². The number of nitrogens with zero attached hydrogens (tertiary/aromatic N) is 2. The predicted octanol–water partition coefficient (Wildman–Crippen LogP) is 5.54. The topological polar surface area (TPSA) is 25.8 Å². The van der Waals surface area contributed by atoms with Gasteiger partial charge in [0.25, 0.3) is 0 Å². The van der Waals surface area contributed by atoms with Crippen LogP contribution in [0.15, 0.2) is 38.6 Å². The Morgan fingerprint density at radius 3 is 2.72 bits per heavy atom. The number of thiophene rings is 1. The fourth-order valence-corrected chi connectivity index (χ4v) is 3.83. The Morgan fingerprint density at radius 1 is 1.17 bits per heavy atom. The van der Waals surface area contributed by atoms with E-state index in [-0.39, 0.29) is 0 Å². The van der Waals surface area contributed by atoms with Gasteiger partial charge in [0.1, 0.15) is 5.15 Å². The molecule has 90 valence electrons. The van der Waals surface area contributed by atoms with Crippen molar-refractivity contribution >= 4 is 65.7 Å². The first kappa shape index (κ1) is 12.5. The lowest BCUT2D eigenvalue weighted by Gasteiger charge is -2.05. The Bertz CT molecular complexity index is 729. The number of aromatic nitrogens is 2. The van der Waals surface area contributed by atoms with Crippen molar-refractivity contribution in [3.05, 3.63) is 43.7 Å². The third-order valence-corrected chi connectivity index (χ3v) is 4.63. The van der Waals surface area contributed by atoms with Gasteiger partial charge in [-0.2, -0.15) is 0 Å². The smallest absolute Gasteiger partial charge is 0.171 e. The van der Waals surface area contributed by atoms with E-state index in [1.54, 1.807) is 11.3 Å². The van der Waals surface area contributed by atoms with Crippen molar-refractivity contribution in [2.75, 3.05) is 0 Å². The second kappa shape index (κ2) is 4.89. The van der Waals surface area contributed by atoms with Gasteiger partial charge in [-0.05, 0) is 39.5 Å². The zero-order valence-corrected chi connectivity index (χ0v) is 13.6.